The zero-order valence-corrected chi connectivity index (χ0v) is 13.1. The molecule has 3 rings (SSSR count). The lowest BCUT2D eigenvalue weighted by atomic mass is 10.2. The van der Waals surface area contributed by atoms with Gasteiger partial charge in [-0.1, -0.05) is 0 Å². The minimum Gasteiger partial charge on any atom is -0.507 e. The molecule has 0 fully saturated rings. The van der Waals surface area contributed by atoms with Gasteiger partial charge in [0.25, 0.3) is 0 Å². The number of H-pyrrole nitrogens is 1. The molecule has 3 aromatic rings. The fraction of sp³-hybridized carbons (Fsp3) is 0.133. The van der Waals surface area contributed by atoms with Crippen LogP contribution in [0.5, 0.6) is 17.2 Å². The van der Waals surface area contributed by atoms with Crippen molar-refractivity contribution in [1.82, 2.24) is 9.97 Å². The van der Waals surface area contributed by atoms with E-state index >= 15 is 0 Å². The summed E-state index contributed by atoms with van der Waals surface area (Å²) in [7, 11) is 3.18. The third-order valence-corrected chi connectivity index (χ3v) is 3.88. The fourth-order valence-corrected chi connectivity index (χ4v) is 2.38. The number of hydrogen-bond acceptors (Lipinski definition) is 4. The Hall–Kier alpha value is -2.21. The molecule has 21 heavy (non-hydrogen) atoms. The van der Waals surface area contributed by atoms with Crippen LogP contribution in [0.3, 0.4) is 0 Å². The van der Waals surface area contributed by atoms with Crippen LogP contribution in [0.1, 0.15) is 0 Å². The molecule has 2 N–H and O–H groups in total. The molecule has 0 saturated heterocycles. The number of nitrogens with one attached hydrogen (secondary N) is 1. The molecule has 0 aliphatic rings. The average molecular weight is 349 g/mol. The molecular weight excluding hydrogens is 336 g/mol. The van der Waals surface area contributed by atoms with Crippen LogP contribution in [-0.4, -0.2) is 29.3 Å². The normalized spacial score (nSPS) is 10.8. The van der Waals surface area contributed by atoms with E-state index in [1.54, 1.807) is 26.4 Å². The molecule has 0 saturated carbocycles. The Morgan fingerprint density at radius 1 is 1.10 bits per heavy atom. The molecule has 2 aromatic carbocycles. The first kappa shape index (κ1) is 13.8. The number of fused-ring (bicyclic) bond motifs is 1. The van der Waals surface area contributed by atoms with Gasteiger partial charge >= 0.3 is 0 Å². The summed E-state index contributed by atoms with van der Waals surface area (Å²) in [6.45, 7) is 0. The molecule has 6 heteroatoms. The van der Waals surface area contributed by atoms with Crippen molar-refractivity contribution in [1.29, 1.82) is 0 Å². The summed E-state index contributed by atoms with van der Waals surface area (Å²) in [5, 5.41) is 9.77. The van der Waals surface area contributed by atoms with Gasteiger partial charge in [0.1, 0.15) is 11.6 Å². The van der Waals surface area contributed by atoms with Gasteiger partial charge in [0, 0.05) is 17.7 Å². The van der Waals surface area contributed by atoms with Crippen LogP contribution in [0, 0.1) is 0 Å². The molecule has 1 aromatic heterocycles. The SMILES string of the molecule is COc1cc2nc(-c3ccc(Br)c(O)c3)[nH]c2cc1OC. The number of phenols is 1. The Morgan fingerprint density at radius 3 is 2.48 bits per heavy atom. The number of nitrogens with zero attached hydrogens (tertiary/aromatic N) is 1. The Morgan fingerprint density at radius 2 is 1.81 bits per heavy atom. The summed E-state index contributed by atoms with van der Waals surface area (Å²) in [6.07, 6.45) is 0. The lowest BCUT2D eigenvalue weighted by Crippen LogP contribution is -1.89. The molecule has 1 heterocycles. The second-order valence-electron chi connectivity index (χ2n) is 4.48. The summed E-state index contributed by atoms with van der Waals surface area (Å²) in [5.74, 6) is 2.10. The number of aromatic hydroxyl groups is 1. The number of phenolic OH excluding ortho intramolecular Hbond substituents is 1. The quantitative estimate of drug-likeness (QED) is 0.756. The Bertz CT molecular complexity index is 773. The highest BCUT2D eigenvalue weighted by atomic mass is 79.9. The largest absolute Gasteiger partial charge is 0.507 e. The lowest BCUT2D eigenvalue weighted by molar-refractivity contribution is 0.356. The van der Waals surface area contributed by atoms with Crippen molar-refractivity contribution in [2.75, 3.05) is 14.2 Å². The van der Waals surface area contributed by atoms with E-state index in [9.17, 15) is 5.11 Å². The summed E-state index contributed by atoms with van der Waals surface area (Å²) in [5.41, 5.74) is 2.40. The van der Waals surface area contributed by atoms with Crippen molar-refractivity contribution in [2.24, 2.45) is 0 Å². The van der Waals surface area contributed by atoms with E-state index < -0.39 is 0 Å². The summed E-state index contributed by atoms with van der Waals surface area (Å²) in [6, 6.07) is 8.95. The lowest BCUT2D eigenvalue weighted by Gasteiger charge is -2.06. The first-order valence-corrected chi connectivity index (χ1v) is 7.02. The predicted octanol–water partition coefficient (Wildman–Crippen LogP) is 3.72. The summed E-state index contributed by atoms with van der Waals surface area (Å²) in [4.78, 5) is 7.73. The zero-order chi connectivity index (χ0) is 15.0. The number of methoxy groups -OCH3 is 2. The van der Waals surface area contributed by atoms with Crippen LogP contribution >= 0.6 is 15.9 Å². The molecular formula is C15H13BrN2O3. The molecule has 0 aliphatic carbocycles. The van der Waals surface area contributed by atoms with E-state index in [-0.39, 0.29) is 5.75 Å². The Labute approximate surface area is 129 Å². The maximum atomic E-state index is 9.77. The van der Waals surface area contributed by atoms with Gasteiger partial charge in [0.15, 0.2) is 11.5 Å². The van der Waals surface area contributed by atoms with E-state index in [0.717, 1.165) is 16.6 Å². The van der Waals surface area contributed by atoms with Gasteiger partial charge in [-0.3, -0.25) is 0 Å². The van der Waals surface area contributed by atoms with Crippen molar-refractivity contribution < 1.29 is 14.6 Å². The van der Waals surface area contributed by atoms with E-state index in [1.165, 1.54) is 0 Å². The van der Waals surface area contributed by atoms with Gasteiger partial charge in [0.05, 0.1) is 29.7 Å². The number of halogens is 1. The molecule has 0 bridgehead atoms. The highest BCUT2D eigenvalue weighted by molar-refractivity contribution is 9.10. The van der Waals surface area contributed by atoms with Crippen LogP contribution < -0.4 is 9.47 Å². The minimum absolute atomic E-state index is 0.170. The van der Waals surface area contributed by atoms with Gasteiger partial charge in [-0.05, 0) is 34.1 Å². The monoisotopic (exact) mass is 348 g/mol. The number of aromatic nitrogens is 2. The topological polar surface area (TPSA) is 67.4 Å². The molecule has 5 nitrogen and oxygen atoms in total. The number of ether oxygens (including phenoxy) is 2. The van der Waals surface area contributed by atoms with E-state index in [0.29, 0.717) is 21.8 Å². The minimum atomic E-state index is 0.170. The van der Waals surface area contributed by atoms with Crippen LogP contribution in [-0.2, 0) is 0 Å². The average Bonchev–Trinajstić information content (AvgIpc) is 2.91. The Kier molecular flexibility index (Phi) is 3.47. The number of benzene rings is 2. The molecule has 0 spiro atoms. The van der Waals surface area contributed by atoms with Crippen molar-refractivity contribution in [3.05, 3.63) is 34.8 Å². The first-order valence-electron chi connectivity index (χ1n) is 6.23. The van der Waals surface area contributed by atoms with Crippen molar-refractivity contribution in [3.63, 3.8) is 0 Å². The van der Waals surface area contributed by atoms with Gasteiger partial charge in [0.2, 0.25) is 0 Å². The van der Waals surface area contributed by atoms with Crippen LogP contribution in [0.2, 0.25) is 0 Å². The molecule has 0 atom stereocenters. The third-order valence-electron chi connectivity index (χ3n) is 3.21. The van der Waals surface area contributed by atoms with E-state index in [1.807, 2.05) is 18.2 Å². The number of imidazole rings is 1. The summed E-state index contributed by atoms with van der Waals surface area (Å²) < 4.78 is 11.2. The predicted molar refractivity (Wildman–Crippen MR) is 84.0 cm³/mol. The second-order valence-corrected chi connectivity index (χ2v) is 5.33. The maximum Gasteiger partial charge on any atom is 0.163 e. The van der Waals surface area contributed by atoms with Crippen molar-refractivity contribution in [3.8, 4) is 28.6 Å². The molecule has 0 radical (unpaired) electrons. The standard InChI is InChI=1S/C15H13BrN2O3/c1-20-13-6-10-11(7-14(13)21-2)18-15(17-10)8-3-4-9(16)12(19)5-8/h3-7,19H,1-2H3,(H,17,18). The van der Waals surface area contributed by atoms with Crippen molar-refractivity contribution in [2.45, 2.75) is 0 Å². The zero-order valence-electron chi connectivity index (χ0n) is 11.5. The van der Waals surface area contributed by atoms with Crippen molar-refractivity contribution >= 4 is 27.0 Å². The number of hydrogen-bond donors (Lipinski definition) is 2. The summed E-state index contributed by atoms with van der Waals surface area (Å²) >= 11 is 3.26. The smallest absolute Gasteiger partial charge is 0.163 e. The van der Waals surface area contributed by atoms with Crippen LogP contribution in [0.25, 0.3) is 22.4 Å². The molecule has 0 amide bonds. The van der Waals surface area contributed by atoms with Crippen LogP contribution in [0.15, 0.2) is 34.8 Å². The van der Waals surface area contributed by atoms with Gasteiger partial charge in [-0.2, -0.15) is 0 Å². The van der Waals surface area contributed by atoms with E-state index in [2.05, 4.69) is 25.9 Å². The maximum absolute atomic E-state index is 9.77. The molecule has 0 unspecified atom stereocenters. The van der Waals surface area contributed by atoms with Crippen LogP contribution in [0.4, 0.5) is 0 Å². The van der Waals surface area contributed by atoms with Gasteiger partial charge < -0.3 is 19.6 Å². The fourth-order valence-electron chi connectivity index (χ4n) is 2.13. The Balaban J connectivity index is 2.14. The highest BCUT2D eigenvalue weighted by Crippen LogP contribution is 2.34. The number of rotatable bonds is 3. The molecule has 0 aliphatic heterocycles. The molecule has 108 valence electrons. The van der Waals surface area contributed by atoms with Gasteiger partial charge in [-0.15, -0.1) is 0 Å². The highest BCUT2D eigenvalue weighted by Gasteiger charge is 2.11. The first-order chi connectivity index (χ1) is 10.1. The van der Waals surface area contributed by atoms with E-state index in [4.69, 9.17) is 9.47 Å². The second kappa shape index (κ2) is 5.29. The van der Waals surface area contributed by atoms with Gasteiger partial charge in [-0.25, -0.2) is 4.98 Å². The third kappa shape index (κ3) is 2.42. The number of aromatic amines is 1.